The Hall–Kier alpha value is -4.66. The van der Waals surface area contributed by atoms with Crippen LogP contribution in [0.5, 0.6) is 0 Å². The minimum Gasteiger partial charge on any atom is -0.352 e. The molecule has 0 bridgehead atoms. The highest BCUT2D eigenvalue weighted by atomic mass is 19.1. The SMILES string of the molecule is Cc1nn(-c2ccc(F)cc2)c2nc(Cc3ccccc3)nc(N3CCN(C(=O)c4cccc(F)c4)CC3)c12. The third kappa shape index (κ3) is 4.95. The topological polar surface area (TPSA) is 67.2 Å². The maximum atomic E-state index is 13.7. The number of rotatable bonds is 5. The number of aromatic nitrogens is 4. The number of nitrogens with zero attached hydrogens (tertiary/aromatic N) is 6. The van der Waals surface area contributed by atoms with E-state index in [-0.39, 0.29) is 11.7 Å². The predicted octanol–water partition coefficient (Wildman–Crippen LogP) is 4.96. The van der Waals surface area contributed by atoms with Crippen molar-refractivity contribution in [2.75, 3.05) is 31.1 Å². The zero-order valence-electron chi connectivity index (χ0n) is 21.4. The number of carbonyl (C=O) groups excluding carboxylic acids is 1. The molecule has 3 heterocycles. The second-order valence-electron chi connectivity index (χ2n) is 9.59. The number of benzene rings is 3. The Bertz CT molecular complexity index is 1640. The van der Waals surface area contributed by atoms with E-state index in [1.165, 1.54) is 24.3 Å². The molecule has 0 spiro atoms. The van der Waals surface area contributed by atoms with Crippen LogP contribution in [0, 0.1) is 18.6 Å². The maximum Gasteiger partial charge on any atom is 0.254 e. The molecule has 0 N–H and O–H groups in total. The van der Waals surface area contributed by atoms with E-state index in [0.717, 1.165) is 22.5 Å². The standard InChI is InChI=1S/C30H26F2N6O/c1-20-27-28(36-14-16-37(17-15-36)30(39)22-8-5-9-24(32)19-22)33-26(18-21-6-3-2-4-7-21)34-29(27)38(35-20)25-12-10-23(31)11-13-25/h2-13,19H,14-18H2,1H3. The van der Waals surface area contributed by atoms with Gasteiger partial charge in [0.05, 0.1) is 16.8 Å². The molecule has 196 valence electrons. The summed E-state index contributed by atoms with van der Waals surface area (Å²) in [4.78, 5) is 26.8. The van der Waals surface area contributed by atoms with Crippen molar-refractivity contribution in [2.24, 2.45) is 0 Å². The molecule has 9 heteroatoms. The molecule has 0 unspecified atom stereocenters. The first-order valence-electron chi connectivity index (χ1n) is 12.8. The van der Waals surface area contributed by atoms with E-state index in [0.29, 0.717) is 55.3 Å². The van der Waals surface area contributed by atoms with Crippen LogP contribution in [0.4, 0.5) is 14.6 Å². The van der Waals surface area contributed by atoms with Crippen LogP contribution in [0.3, 0.4) is 0 Å². The van der Waals surface area contributed by atoms with E-state index in [9.17, 15) is 13.6 Å². The summed E-state index contributed by atoms with van der Waals surface area (Å²) >= 11 is 0. The van der Waals surface area contributed by atoms with Crippen LogP contribution in [-0.2, 0) is 6.42 Å². The van der Waals surface area contributed by atoms with Gasteiger partial charge in [0.25, 0.3) is 5.91 Å². The highest BCUT2D eigenvalue weighted by Crippen LogP contribution is 2.30. The zero-order chi connectivity index (χ0) is 26.9. The molecule has 1 aliphatic rings. The lowest BCUT2D eigenvalue weighted by atomic mass is 10.1. The smallest absolute Gasteiger partial charge is 0.254 e. The van der Waals surface area contributed by atoms with Crippen molar-refractivity contribution in [1.82, 2.24) is 24.6 Å². The second kappa shape index (κ2) is 10.2. The Balaban J connectivity index is 1.36. The largest absolute Gasteiger partial charge is 0.352 e. The molecule has 2 aromatic heterocycles. The van der Waals surface area contributed by atoms with E-state index in [2.05, 4.69) is 4.90 Å². The Morgan fingerprint density at radius 1 is 0.846 bits per heavy atom. The van der Waals surface area contributed by atoms with Crippen LogP contribution in [0.25, 0.3) is 16.7 Å². The van der Waals surface area contributed by atoms with Crippen molar-refractivity contribution in [3.05, 3.63) is 113 Å². The van der Waals surface area contributed by atoms with E-state index in [1.54, 1.807) is 33.8 Å². The lowest BCUT2D eigenvalue weighted by Gasteiger charge is -2.35. The molecule has 6 rings (SSSR count). The van der Waals surface area contributed by atoms with Gasteiger partial charge in [-0.3, -0.25) is 4.79 Å². The van der Waals surface area contributed by atoms with Crippen molar-refractivity contribution >= 4 is 22.8 Å². The van der Waals surface area contributed by atoms with E-state index < -0.39 is 5.82 Å². The number of anilines is 1. The Morgan fingerprint density at radius 2 is 1.59 bits per heavy atom. The van der Waals surface area contributed by atoms with Crippen molar-refractivity contribution in [2.45, 2.75) is 13.3 Å². The quantitative estimate of drug-likeness (QED) is 0.325. The molecule has 3 aromatic carbocycles. The molecule has 0 aliphatic carbocycles. The highest BCUT2D eigenvalue weighted by Gasteiger charge is 2.27. The van der Waals surface area contributed by atoms with Gasteiger partial charge in [0.1, 0.15) is 23.3 Å². The highest BCUT2D eigenvalue weighted by molar-refractivity contribution is 5.95. The van der Waals surface area contributed by atoms with Gasteiger partial charge in [-0.1, -0.05) is 36.4 Å². The van der Waals surface area contributed by atoms with E-state index in [1.807, 2.05) is 37.3 Å². The van der Waals surface area contributed by atoms with Crippen molar-refractivity contribution < 1.29 is 13.6 Å². The normalized spacial score (nSPS) is 13.7. The van der Waals surface area contributed by atoms with Gasteiger partial charge in [-0.25, -0.2) is 23.4 Å². The third-order valence-corrected chi connectivity index (χ3v) is 6.94. The predicted molar refractivity (Wildman–Crippen MR) is 145 cm³/mol. The van der Waals surface area contributed by atoms with Gasteiger partial charge in [0.15, 0.2) is 5.65 Å². The zero-order valence-corrected chi connectivity index (χ0v) is 21.4. The summed E-state index contributed by atoms with van der Waals surface area (Å²) in [5.41, 5.74) is 3.53. The van der Waals surface area contributed by atoms with E-state index in [4.69, 9.17) is 15.1 Å². The van der Waals surface area contributed by atoms with Crippen LogP contribution >= 0.6 is 0 Å². The van der Waals surface area contributed by atoms with Gasteiger partial charge in [0, 0.05) is 38.2 Å². The molecule has 1 amide bonds. The van der Waals surface area contributed by atoms with E-state index >= 15 is 0 Å². The number of hydrogen-bond donors (Lipinski definition) is 0. The molecule has 1 fully saturated rings. The van der Waals surface area contributed by atoms with Crippen molar-refractivity contribution in [1.29, 1.82) is 0 Å². The summed E-state index contributed by atoms with van der Waals surface area (Å²) in [6.45, 7) is 3.97. The number of amides is 1. The average Bonchev–Trinajstić information content (AvgIpc) is 3.29. The van der Waals surface area contributed by atoms with Crippen molar-refractivity contribution in [3.8, 4) is 5.69 Å². The molecule has 39 heavy (non-hydrogen) atoms. The molecule has 1 saturated heterocycles. The number of piperazine rings is 1. The number of halogens is 2. The molecule has 0 saturated carbocycles. The molecule has 1 aliphatic heterocycles. The number of fused-ring (bicyclic) bond motifs is 1. The Kier molecular flexibility index (Phi) is 6.48. The van der Waals surface area contributed by atoms with Crippen molar-refractivity contribution in [3.63, 3.8) is 0 Å². The second-order valence-corrected chi connectivity index (χ2v) is 9.59. The molecule has 7 nitrogen and oxygen atoms in total. The fourth-order valence-electron chi connectivity index (χ4n) is 4.98. The minimum atomic E-state index is -0.428. The fourth-order valence-corrected chi connectivity index (χ4v) is 4.98. The summed E-state index contributed by atoms with van der Waals surface area (Å²) < 4.78 is 29.1. The summed E-state index contributed by atoms with van der Waals surface area (Å²) in [6, 6.07) is 21.9. The van der Waals surface area contributed by atoms with Gasteiger partial charge in [0.2, 0.25) is 0 Å². The average molecular weight is 525 g/mol. The number of hydrogen-bond acceptors (Lipinski definition) is 5. The lowest BCUT2D eigenvalue weighted by molar-refractivity contribution is 0.0746. The molecule has 5 aromatic rings. The van der Waals surface area contributed by atoms with Gasteiger partial charge >= 0.3 is 0 Å². The monoisotopic (exact) mass is 524 g/mol. The van der Waals surface area contributed by atoms with Gasteiger partial charge < -0.3 is 9.80 Å². The first-order chi connectivity index (χ1) is 19.0. The Morgan fingerprint density at radius 3 is 2.31 bits per heavy atom. The number of carbonyl (C=O) groups is 1. The molecular formula is C30H26F2N6O. The lowest BCUT2D eigenvalue weighted by Crippen LogP contribution is -2.49. The Labute approximate surface area is 224 Å². The molecule has 0 radical (unpaired) electrons. The van der Waals surface area contributed by atoms with Gasteiger partial charge in [-0.2, -0.15) is 5.10 Å². The van der Waals surface area contributed by atoms with Crippen LogP contribution in [0.1, 0.15) is 27.4 Å². The summed E-state index contributed by atoms with van der Waals surface area (Å²) in [6.07, 6.45) is 0.537. The van der Waals surface area contributed by atoms with Crippen LogP contribution in [-0.4, -0.2) is 56.7 Å². The maximum absolute atomic E-state index is 13.7. The first-order valence-corrected chi connectivity index (χ1v) is 12.8. The van der Waals surface area contributed by atoms with Crippen LogP contribution in [0.15, 0.2) is 78.9 Å². The van der Waals surface area contributed by atoms with Crippen LogP contribution < -0.4 is 4.90 Å². The van der Waals surface area contributed by atoms with Gasteiger partial charge in [-0.15, -0.1) is 0 Å². The molecular weight excluding hydrogens is 498 g/mol. The van der Waals surface area contributed by atoms with Gasteiger partial charge in [-0.05, 0) is 55.0 Å². The summed E-state index contributed by atoms with van der Waals surface area (Å²) in [5, 5.41) is 5.57. The minimum absolute atomic E-state index is 0.188. The molecule has 0 atom stereocenters. The fraction of sp³-hybridized carbons (Fsp3) is 0.200. The first kappa shape index (κ1) is 24.7. The number of aryl methyl sites for hydroxylation is 1. The summed E-state index contributed by atoms with van der Waals surface area (Å²) in [7, 11) is 0. The van der Waals surface area contributed by atoms with Crippen LogP contribution in [0.2, 0.25) is 0 Å². The summed E-state index contributed by atoms with van der Waals surface area (Å²) in [5.74, 6) is 0.465. The third-order valence-electron chi connectivity index (χ3n) is 6.94.